The molecular weight excluding hydrogens is 248 g/mol. The van der Waals surface area contributed by atoms with Gasteiger partial charge in [-0.1, -0.05) is 51.1 Å². The fourth-order valence-corrected chi connectivity index (χ4v) is 2.12. The quantitative estimate of drug-likeness (QED) is 0.875. The van der Waals surface area contributed by atoms with Crippen molar-refractivity contribution in [3.63, 3.8) is 0 Å². The van der Waals surface area contributed by atoms with Crippen molar-refractivity contribution in [1.29, 1.82) is 0 Å². The van der Waals surface area contributed by atoms with E-state index in [1.54, 1.807) is 0 Å². The van der Waals surface area contributed by atoms with E-state index < -0.39 is 0 Å². The molecule has 2 N–H and O–H groups in total. The molecule has 0 aliphatic carbocycles. The lowest BCUT2D eigenvalue weighted by Crippen LogP contribution is -2.20. The van der Waals surface area contributed by atoms with Gasteiger partial charge in [-0.3, -0.25) is 4.79 Å². The molecule has 0 aliphatic rings. The summed E-state index contributed by atoms with van der Waals surface area (Å²) in [5.41, 5.74) is 3.97. The van der Waals surface area contributed by atoms with Crippen LogP contribution in [0.15, 0.2) is 41.2 Å². The van der Waals surface area contributed by atoms with Crippen LogP contribution in [0.5, 0.6) is 0 Å². The molecule has 2 rings (SSSR count). The zero-order valence-electron chi connectivity index (χ0n) is 12.4. The summed E-state index contributed by atoms with van der Waals surface area (Å²) in [5.74, 6) is 0.519. The molecule has 3 nitrogen and oxygen atoms in total. The van der Waals surface area contributed by atoms with Crippen molar-refractivity contribution < 1.29 is 0 Å². The number of H-pyrrole nitrogens is 1. The zero-order chi connectivity index (χ0) is 14.5. The minimum atomic E-state index is -0.0172. The summed E-state index contributed by atoms with van der Waals surface area (Å²) >= 11 is 0. The standard InChI is InChI=1S/C17H22N2O/c1-4-18-11-15-9-10-16(19-17(15)20)14-7-5-13(6-8-14)12(2)3/h5-10,12,18H,4,11H2,1-3H3,(H,19,20). The molecule has 1 aromatic carbocycles. The van der Waals surface area contributed by atoms with Crippen LogP contribution in [0.4, 0.5) is 0 Å². The molecule has 20 heavy (non-hydrogen) atoms. The van der Waals surface area contributed by atoms with Gasteiger partial charge in [0.15, 0.2) is 0 Å². The molecule has 0 saturated heterocycles. The number of nitrogens with one attached hydrogen (secondary N) is 2. The van der Waals surface area contributed by atoms with Gasteiger partial charge in [0.05, 0.1) is 0 Å². The Bertz CT molecular complexity index is 612. The van der Waals surface area contributed by atoms with Crippen molar-refractivity contribution in [3.05, 3.63) is 57.9 Å². The Labute approximate surface area is 120 Å². The molecule has 0 fully saturated rings. The summed E-state index contributed by atoms with van der Waals surface area (Å²) in [5, 5.41) is 3.16. The number of hydrogen-bond donors (Lipinski definition) is 2. The van der Waals surface area contributed by atoms with E-state index in [2.05, 4.69) is 48.4 Å². The van der Waals surface area contributed by atoms with Crippen LogP contribution in [-0.2, 0) is 6.54 Å². The third-order valence-electron chi connectivity index (χ3n) is 3.44. The highest BCUT2D eigenvalue weighted by molar-refractivity contribution is 5.59. The van der Waals surface area contributed by atoms with Crippen LogP contribution in [0.2, 0.25) is 0 Å². The van der Waals surface area contributed by atoms with Crippen LogP contribution >= 0.6 is 0 Å². The van der Waals surface area contributed by atoms with Gasteiger partial charge in [-0.05, 0) is 29.7 Å². The third-order valence-corrected chi connectivity index (χ3v) is 3.44. The van der Waals surface area contributed by atoms with Crippen LogP contribution in [0.1, 0.15) is 37.8 Å². The number of hydrogen-bond acceptors (Lipinski definition) is 2. The molecule has 0 spiro atoms. The summed E-state index contributed by atoms with van der Waals surface area (Å²) in [6.07, 6.45) is 0. The van der Waals surface area contributed by atoms with E-state index >= 15 is 0 Å². The molecule has 3 heteroatoms. The average molecular weight is 270 g/mol. The Hall–Kier alpha value is -1.87. The predicted octanol–water partition coefficient (Wildman–Crippen LogP) is 3.27. The van der Waals surface area contributed by atoms with Crippen molar-refractivity contribution in [1.82, 2.24) is 10.3 Å². The average Bonchev–Trinajstić information content (AvgIpc) is 2.46. The van der Waals surface area contributed by atoms with Gasteiger partial charge in [0.1, 0.15) is 0 Å². The molecule has 106 valence electrons. The fourth-order valence-electron chi connectivity index (χ4n) is 2.12. The molecule has 1 aromatic heterocycles. The van der Waals surface area contributed by atoms with Gasteiger partial charge < -0.3 is 10.3 Å². The Morgan fingerprint density at radius 1 is 1.10 bits per heavy atom. The zero-order valence-corrected chi connectivity index (χ0v) is 12.4. The summed E-state index contributed by atoms with van der Waals surface area (Å²) in [7, 11) is 0. The lowest BCUT2D eigenvalue weighted by Gasteiger charge is -2.08. The number of aromatic amines is 1. The first-order chi connectivity index (χ1) is 9.61. The van der Waals surface area contributed by atoms with E-state index in [1.165, 1.54) is 5.56 Å². The smallest absolute Gasteiger partial charge is 0.252 e. The third kappa shape index (κ3) is 3.36. The molecule has 0 atom stereocenters. The summed E-state index contributed by atoms with van der Waals surface area (Å²) in [4.78, 5) is 15.0. The monoisotopic (exact) mass is 270 g/mol. The highest BCUT2D eigenvalue weighted by Gasteiger charge is 2.04. The lowest BCUT2D eigenvalue weighted by atomic mass is 10.0. The second kappa shape index (κ2) is 6.53. The highest BCUT2D eigenvalue weighted by atomic mass is 16.1. The number of pyridine rings is 1. The largest absolute Gasteiger partial charge is 0.322 e. The Morgan fingerprint density at radius 3 is 2.35 bits per heavy atom. The first kappa shape index (κ1) is 14.5. The summed E-state index contributed by atoms with van der Waals surface area (Å²) in [6, 6.07) is 12.2. The van der Waals surface area contributed by atoms with Gasteiger partial charge in [0.2, 0.25) is 0 Å². The van der Waals surface area contributed by atoms with Gasteiger partial charge in [0, 0.05) is 17.8 Å². The minimum absolute atomic E-state index is 0.0172. The number of benzene rings is 1. The van der Waals surface area contributed by atoms with Crippen molar-refractivity contribution in [2.75, 3.05) is 6.54 Å². The first-order valence-electron chi connectivity index (χ1n) is 7.15. The normalized spacial score (nSPS) is 11.0. The molecular formula is C17H22N2O. The maximum Gasteiger partial charge on any atom is 0.252 e. The Morgan fingerprint density at radius 2 is 1.80 bits per heavy atom. The van der Waals surface area contributed by atoms with E-state index in [-0.39, 0.29) is 5.56 Å². The predicted molar refractivity (Wildman–Crippen MR) is 84.0 cm³/mol. The lowest BCUT2D eigenvalue weighted by molar-refractivity contribution is 0.720. The molecule has 2 aromatic rings. The van der Waals surface area contributed by atoms with Gasteiger partial charge in [-0.2, -0.15) is 0 Å². The van der Waals surface area contributed by atoms with Gasteiger partial charge in [0.25, 0.3) is 5.56 Å². The van der Waals surface area contributed by atoms with Crippen LogP contribution in [-0.4, -0.2) is 11.5 Å². The highest BCUT2D eigenvalue weighted by Crippen LogP contribution is 2.20. The topological polar surface area (TPSA) is 44.9 Å². The summed E-state index contributed by atoms with van der Waals surface area (Å²) < 4.78 is 0. The molecule has 0 aliphatic heterocycles. The Balaban J connectivity index is 2.25. The van der Waals surface area contributed by atoms with Crippen LogP contribution < -0.4 is 10.9 Å². The fraction of sp³-hybridized carbons (Fsp3) is 0.353. The molecule has 0 unspecified atom stereocenters. The summed E-state index contributed by atoms with van der Waals surface area (Å²) in [6.45, 7) is 7.84. The van der Waals surface area contributed by atoms with E-state index in [9.17, 15) is 4.79 Å². The maximum atomic E-state index is 12.0. The van der Waals surface area contributed by atoms with E-state index in [0.717, 1.165) is 23.4 Å². The second-order valence-electron chi connectivity index (χ2n) is 5.28. The van der Waals surface area contributed by atoms with Crippen molar-refractivity contribution >= 4 is 0 Å². The van der Waals surface area contributed by atoms with Crippen molar-refractivity contribution in [2.45, 2.75) is 33.2 Å². The van der Waals surface area contributed by atoms with Gasteiger partial charge in [-0.15, -0.1) is 0 Å². The van der Waals surface area contributed by atoms with E-state index in [4.69, 9.17) is 0 Å². The van der Waals surface area contributed by atoms with Crippen molar-refractivity contribution in [3.8, 4) is 11.3 Å². The van der Waals surface area contributed by atoms with E-state index in [0.29, 0.717) is 12.5 Å². The van der Waals surface area contributed by atoms with Gasteiger partial charge in [-0.25, -0.2) is 0 Å². The molecule has 0 amide bonds. The molecule has 1 heterocycles. The molecule has 0 saturated carbocycles. The minimum Gasteiger partial charge on any atom is -0.322 e. The first-order valence-corrected chi connectivity index (χ1v) is 7.15. The molecule has 0 radical (unpaired) electrons. The van der Waals surface area contributed by atoms with E-state index in [1.807, 2.05) is 19.1 Å². The number of rotatable bonds is 5. The second-order valence-corrected chi connectivity index (χ2v) is 5.28. The van der Waals surface area contributed by atoms with Crippen molar-refractivity contribution in [2.24, 2.45) is 0 Å². The molecule has 0 bridgehead atoms. The number of aromatic nitrogens is 1. The van der Waals surface area contributed by atoms with Gasteiger partial charge >= 0.3 is 0 Å². The van der Waals surface area contributed by atoms with Crippen LogP contribution in [0.25, 0.3) is 11.3 Å². The Kier molecular flexibility index (Phi) is 4.74. The van der Waals surface area contributed by atoms with Crippen LogP contribution in [0.3, 0.4) is 0 Å². The SMILES string of the molecule is CCNCc1ccc(-c2ccc(C(C)C)cc2)[nH]c1=O. The van der Waals surface area contributed by atoms with Crippen LogP contribution in [0, 0.1) is 0 Å². The maximum absolute atomic E-state index is 12.0.